The van der Waals surface area contributed by atoms with E-state index in [9.17, 15) is 4.79 Å². The van der Waals surface area contributed by atoms with E-state index < -0.39 is 6.10 Å². The molecule has 1 atom stereocenters. The summed E-state index contributed by atoms with van der Waals surface area (Å²) in [7, 11) is 0. The van der Waals surface area contributed by atoms with E-state index in [1.165, 1.54) is 29.8 Å². The fraction of sp³-hybridized carbons (Fsp3) is 0.350. The van der Waals surface area contributed by atoms with E-state index in [4.69, 9.17) is 16.4 Å². The molecule has 1 saturated heterocycles. The topological polar surface area (TPSA) is 72.3 Å². The highest BCUT2D eigenvalue weighted by molar-refractivity contribution is 6.31. The second-order valence-electron chi connectivity index (χ2n) is 6.93. The average molecular weight is 400 g/mol. The van der Waals surface area contributed by atoms with Gasteiger partial charge in [-0.25, -0.2) is 0 Å². The van der Waals surface area contributed by atoms with E-state index in [1.807, 2.05) is 24.3 Å². The predicted octanol–water partition coefficient (Wildman–Crippen LogP) is 3.53. The van der Waals surface area contributed by atoms with E-state index in [0.29, 0.717) is 16.1 Å². The average Bonchev–Trinajstić information content (AvgIpc) is 3.11. The first-order valence-electron chi connectivity index (χ1n) is 9.44. The molecule has 2 aromatic carbocycles. The van der Waals surface area contributed by atoms with Crippen LogP contribution in [0, 0.1) is 0 Å². The Balaban J connectivity index is 1.39. The number of benzene rings is 2. The van der Waals surface area contributed by atoms with Gasteiger partial charge in [-0.2, -0.15) is 0 Å². The molecule has 3 aromatic rings. The summed E-state index contributed by atoms with van der Waals surface area (Å²) in [5, 5.41) is 11.4. The van der Waals surface area contributed by atoms with Gasteiger partial charge < -0.3 is 15.1 Å². The lowest BCUT2D eigenvalue weighted by atomic mass is 10.1. The summed E-state index contributed by atoms with van der Waals surface area (Å²) >= 11 is 6.02. The largest absolute Gasteiger partial charge is 0.382 e. The molecular formula is C20H22ClN5O2. The maximum absolute atomic E-state index is 12.5. The van der Waals surface area contributed by atoms with Gasteiger partial charge in [-0.3, -0.25) is 4.79 Å². The Morgan fingerprint density at radius 1 is 1.14 bits per heavy atom. The lowest BCUT2D eigenvalue weighted by molar-refractivity contribution is -0.127. The summed E-state index contributed by atoms with van der Waals surface area (Å²) in [6, 6.07) is 13.1. The number of aromatic nitrogens is 3. The minimum atomic E-state index is -0.759. The molecule has 2 heterocycles. The third-order valence-electron chi connectivity index (χ3n) is 4.86. The van der Waals surface area contributed by atoms with Crippen LogP contribution in [0.2, 0.25) is 5.02 Å². The van der Waals surface area contributed by atoms with E-state index in [0.717, 1.165) is 18.8 Å². The lowest BCUT2D eigenvalue weighted by Gasteiger charge is -2.28. The summed E-state index contributed by atoms with van der Waals surface area (Å²) < 4.78 is 0. The van der Waals surface area contributed by atoms with Crippen LogP contribution < -0.4 is 15.1 Å². The zero-order chi connectivity index (χ0) is 19.5. The molecule has 1 aromatic heterocycles. The number of carbonyl (C=O) groups is 1. The number of amides is 1. The highest BCUT2D eigenvalue weighted by Gasteiger charge is 2.18. The molecular weight excluding hydrogens is 378 g/mol. The maximum Gasteiger partial charge on any atom is 0.267 e. The van der Waals surface area contributed by atoms with Crippen LogP contribution in [0.1, 0.15) is 26.2 Å². The summed E-state index contributed by atoms with van der Waals surface area (Å²) in [5.41, 5.74) is 3.17. The van der Waals surface area contributed by atoms with Crippen molar-refractivity contribution in [2.24, 2.45) is 0 Å². The molecule has 0 bridgehead atoms. The maximum atomic E-state index is 12.5. The van der Waals surface area contributed by atoms with Crippen molar-refractivity contribution in [3.05, 3.63) is 47.5 Å². The van der Waals surface area contributed by atoms with E-state index in [-0.39, 0.29) is 5.91 Å². The number of anilines is 2. The quantitative estimate of drug-likeness (QED) is 0.710. The van der Waals surface area contributed by atoms with Crippen molar-refractivity contribution in [1.82, 2.24) is 15.2 Å². The van der Waals surface area contributed by atoms with Crippen LogP contribution in [0.4, 0.5) is 11.4 Å². The van der Waals surface area contributed by atoms with Crippen LogP contribution in [-0.2, 0) is 4.79 Å². The third kappa shape index (κ3) is 4.04. The minimum absolute atomic E-state index is 0.267. The lowest BCUT2D eigenvalue weighted by Crippen LogP contribution is -2.35. The molecule has 1 fully saturated rings. The molecule has 1 aliphatic rings. The van der Waals surface area contributed by atoms with Crippen molar-refractivity contribution >= 4 is 39.9 Å². The van der Waals surface area contributed by atoms with Gasteiger partial charge in [0.1, 0.15) is 11.0 Å². The Hall–Kier alpha value is -2.80. The molecule has 1 aliphatic heterocycles. The number of carbonyl (C=O) groups excluding carboxylic acids is 1. The van der Waals surface area contributed by atoms with Crippen LogP contribution in [0.25, 0.3) is 11.0 Å². The fourth-order valence-corrected chi connectivity index (χ4v) is 3.46. The summed E-state index contributed by atoms with van der Waals surface area (Å²) in [6.07, 6.45) is 3.01. The highest BCUT2D eigenvalue weighted by atomic mass is 35.5. The van der Waals surface area contributed by atoms with Crippen molar-refractivity contribution in [3.8, 4) is 0 Å². The molecule has 28 heavy (non-hydrogen) atoms. The van der Waals surface area contributed by atoms with Crippen molar-refractivity contribution in [3.63, 3.8) is 0 Å². The smallest absolute Gasteiger partial charge is 0.267 e. The summed E-state index contributed by atoms with van der Waals surface area (Å²) in [6.45, 7) is 3.84. The van der Waals surface area contributed by atoms with Crippen molar-refractivity contribution in [1.29, 1.82) is 0 Å². The predicted molar refractivity (Wildman–Crippen MR) is 110 cm³/mol. The number of piperidine rings is 1. The van der Waals surface area contributed by atoms with Crippen molar-refractivity contribution < 1.29 is 9.63 Å². The van der Waals surface area contributed by atoms with Crippen LogP contribution in [0.3, 0.4) is 0 Å². The number of halogens is 1. The fourth-order valence-electron chi connectivity index (χ4n) is 3.30. The normalized spacial score (nSPS) is 15.4. The van der Waals surface area contributed by atoms with E-state index in [1.54, 1.807) is 25.1 Å². The summed E-state index contributed by atoms with van der Waals surface area (Å²) in [4.78, 5) is 21.7. The Labute approximate surface area is 168 Å². The van der Waals surface area contributed by atoms with Gasteiger partial charge in [0.05, 0.1) is 0 Å². The zero-order valence-corrected chi connectivity index (χ0v) is 16.4. The second kappa shape index (κ2) is 8.06. The van der Waals surface area contributed by atoms with Crippen molar-refractivity contribution in [2.45, 2.75) is 32.3 Å². The Morgan fingerprint density at radius 2 is 1.89 bits per heavy atom. The van der Waals surface area contributed by atoms with E-state index in [2.05, 4.69) is 20.5 Å². The van der Waals surface area contributed by atoms with Gasteiger partial charge in [0.15, 0.2) is 0 Å². The zero-order valence-electron chi connectivity index (χ0n) is 15.6. The number of nitrogens with zero attached hydrogens (tertiary/aromatic N) is 4. The molecule has 4 rings (SSSR count). The van der Waals surface area contributed by atoms with Gasteiger partial charge in [0, 0.05) is 29.5 Å². The molecule has 0 saturated carbocycles. The van der Waals surface area contributed by atoms with Crippen LogP contribution >= 0.6 is 11.6 Å². The van der Waals surface area contributed by atoms with Crippen LogP contribution in [0.15, 0.2) is 42.5 Å². The van der Waals surface area contributed by atoms with Crippen LogP contribution in [0.5, 0.6) is 0 Å². The van der Waals surface area contributed by atoms with Gasteiger partial charge in [-0.05, 0) is 73.9 Å². The first-order chi connectivity index (χ1) is 13.6. The van der Waals surface area contributed by atoms with Crippen LogP contribution in [-0.4, -0.2) is 40.3 Å². The first-order valence-corrected chi connectivity index (χ1v) is 9.82. The summed E-state index contributed by atoms with van der Waals surface area (Å²) in [5.74, 6) is -0.267. The number of hydrogen-bond acceptors (Lipinski definition) is 5. The van der Waals surface area contributed by atoms with Crippen molar-refractivity contribution in [2.75, 3.05) is 23.3 Å². The SMILES string of the molecule is CC(On1nnc2ccc(Cl)cc21)C(=O)Nc1ccc(N2CCCCC2)cc1. The molecule has 8 heteroatoms. The number of hydrogen-bond donors (Lipinski definition) is 1. The van der Waals surface area contributed by atoms with Gasteiger partial charge in [-0.1, -0.05) is 16.4 Å². The molecule has 0 spiro atoms. The standard InChI is InChI=1S/C20H22ClN5O2/c1-14(28-26-19-13-15(21)5-10-18(19)23-24-26)20(27)22-16-6-8-17(9-7-16)25-11-3-2-4-12-25/h5-10,13-14H,2-4,11-12H2,1H3,(H,22,27). The third-order valence-corrected chi connectivity index (χ3v) is 5.10. The highest BCUT2D eigenvalue weighted by Crippen LogP contribution is 2.22. The Morgan fingerprint density at radius 3 is 2.64 bits per heavy atom. The number of fused-ring (bicyclic) bond motifs is 1. The van der Waals surface area contributed by atoms with Gasteiger partial charge in [-0.15, -0.1) is 5.10 Å². The molecule has 1 amide bonds. The first kappa shape index (κ1) is 18.6. The van der Waals surface area contributed by atoms with Gasteiger partial charge >= 0.3 is 0 Å². The minimum Gasteiger partial charge on any atom is -0.382 e. The molecule has 0 aliphatic carbocycles. The number of nitrogens with one attached hydrogen (secondary N) is 1. The molecule has 1 unspecified atom stereocenters. The second-order valence-corrected chi connectivity index (χ2v) is 7.36. The molecule has 7 nitrogen and oxygen atoms in total. The molecule has 146 valence electrons. The Bertz CT molecular complexity index is 966. The molecule has 1 N–H and O–H groups in total. The van der Waals surface area contributed by atoms with Gasteiger partial charge in [0.25, 0.3) is 5.91 Å². The van der Waals surface area contributed by atoms with E-state index >= 15 is 0 Å². The number of rotatable bonds is 5. The monoisotopic (exact) mass is 399 g/mol. The van der Waals surface area contributed by atoms with Gasteiger partial charge in [0.2, 0.25) is 6.10 Å². The molecule has 0 radical (unpaired) electrons. The Kier molecular flexibility index (Phi) is 5.34.